The molecule has 1 heterocycles. The highest BCUT2D eigenvalue weighted by atomic mass is 16.3. The molecule has 93 heavy (non-hydrogen) atoms. The summed E-state index contributed by atoms with van der Waals surface area (Å²) in [5, 5.41) is 17.8. The Morgan fingerprint density at radius 3 is 1.44 bits per heavy atom. The molecule has 1 aromatic heterocycles. The maximum Gasteiger partial charge on any atom is 0.137 e. The summed E-state index contributed by atoms with van der Waals surface area (Å²) in [6.07, 6.45) is 0. The Bertz CT molecular complexity index is 5860. The van der Waals surface area contributed by atoms with Crippen molar-refractivity contribution in [2.45, 2.75) is 38.5 Å². The average Bonchev–Trinajstić information content (AvgIpc) is 1.59. The zero-order chi connectivity index (χ0) is 62.1. The third-order valence-corrected chi connectivity index (χ3v) is 20.4. The largest absolute Gasteiger partial charge is 0.456 e. The van der Waals surface area contributed by atoms with Gasteiger partial charge >= 0.3 is 0 Å². The molecule has 0 saturated heterocycles. The van der Waals surface area contributed by atoms with Crippen molar-refractivity contribution >= 4 is 121 Å². The molecule has 0 amide bonds. The standard InChI is InChI=1S/C45H31NO.C45H33N/c1-45(2)37-15-8-6-13-35(37)43-34-23-21-28-19-20-29-27-31(22-24-32(29)42(28)33(34)25-26-38(43)45)46(30-11-4-3-5-12-30)39-16-10-18-41-44(39)36-14-7-9-17-40(36)47-41;1-45(2)41-20-12-11-19-39(41)43-38-18-10-9-17-37(38)42-36-28-26-35(29-32(36)23-27-40(42)44(43)45)46(33-15-7-4-8-16-33)34-24-21-31(22-25-34)30-13-5-3-6-14-30/h3-27H,1-2H3;3-29H,1-2H3. The van der Waals surface area contributed by atoms with Crippen LogP contribution in [0, 0.1) is 0 Å². The predicted molar refractivity (Wildman–Crippen MR) is 395 cm³/mol. The molecule has 0 saturated carbocycles. The van der Waals surface area contributed by atoms with Gasteiger partial charge in [-0.2, -0.15) is 0 Å². The Morgan fingerprint density at radius 1 is 0.258 bits per heavy atom. The number of hydrogen-bond donors (Lipinski definition) is 0. The van der Waals surface area contributed by atoms with Crippen molar-refractivity contribution in [1.29, 1.82) is 0 Å². The number of benzene rings is 16. The lowest BCUT2D eigenvalue weighted by Gasteiger charge is -2.27. The Hall–Kier alpha value is -11.5. The lowest BCUT2D eigenvalue weighted by atomic mass is 9.78. The Balaban J connectivity index is 0.000000137. The number of furan rings is 1. The molecule has 2 aliphatic carbocycles. The van der Waals surface area contributed by atoms with Crippen LogP contribution in [-0.2, 0) is 10.8 Å². The van der Waals surface area contributed by atoms with Gasteiger partial charge in [0, 0.05) is 44.7 Å². The molecule has 0 bridgehead atoms. The van der Waals surface area contributed by atoms with Gasteiger partial charge in [-0.3, -0.25) is 0 Å². The first-order valence-electron chi connectivity index (χ1n) is 32.5. The van der Waals surface area contributed by atoms with Crippen molar-refractivity contribution in [3.05, 3.63) is 338 Å². The monoisotopic (exact) mass is 1190 g/mol. The number of fused-ring (bicyclic) bond motifs is 22. The van der Waals surface area contributed by atoms with Crippen LogP contribution in [0.2, 0.25) is 0 Å². The number of rotatable bonds is 7. The highest BCUT2D eigenvalue weighted by molar-refractivity contribution is 6.27. The summed E-state index contributed by atoms with van der Waals surface area (Å²) < 4.78 is 6.31. The lowest BCUT2D eigenvalue weighted by Crippen LogP contribution is -2.15. The van der Waals surface area contributed by atoms with Crippen LogP contribution in [-0.4, -0.2) is 0 Å². The second kappa shape index (κ2) is 21.0. The van der Waals surface area contributed by atoms with E-state index in [1.54, 1.807) is 0 Å². The van der Waals surface area contributed by atoms with Gasteiger partial charge < -0.3 is 14.2 Å². The van der Waals surface area contributed by atoms with Crippen LogP contribution in [0.3, 0.4) is 0 Å². The van der Waals surface area contributed by atoms with Crippen LogP contribution >= 0.6 is 0 Å². The quantitative estimate of drug-likeness (QED) is 0.148. The minimum Gasteiger partial charge on any atom is -0.456 e. The highest BCUT2D eigenvalue weighted by Crippen LogP contribution is 2.57. The fourth-order valence-electron chi connectivity index (χ4n) is 16.2. The molecule has 0 N–H and O–H groups in total. The smallest absolute Gasteiger partial charge is 0.137 e. The fourth-order valence-corrected chi connectivity index (χ4v) is 16.2. The van der Waals surface area contributed by atoms with Crippen LogP contribution in [0.5, 0.6) is 0 Å². The molecular weight excluding hydrogens is 1130 g/mol. The lowest BCUT2D eigenvalue weighted by molar-refractivity contribution is 0.661. The second-order valence-corrected chi connectivity index (χ2v) is 26.3. The molecule has 3 nitrogen and oxygen atoms in total. The van der Waals surface area contributed by atoms with Crippen molar-refractivity contribution in [2.24, 2.45) is 0 Å². The zero-order valence-electron chi connectivity index (χ0n) is 52.3. The molecule has 16 aromatic carbocycles. The molecule has 0 radical (unpaired) electrons. The number of anilines is 6. The number of para-hydroxylation sites is 3. The second-order valence-electron chi connectivity index (χ2n) is 26.3. The maximum atomic E-state index is 6.31. The van der Waals surface area contributed by atoms with E-state index in [1.165, 1.54) is 120 Å². The van der Waals surface area contributed by atoms with Crippen LogP contribution in [0.4, 0.5) is 34.1 Å². The summed E-state index contributed by atoms with van der Waals surface area (Å²) in [5.74, 6) is 0. The van der Waals surface area contributed by atoms with Crippen LogP contribution < -0.4 is 9.80 Å². The summed E-state index contributed by atoms with van der Waals surface area (Å²) >= 11 is 0. The molecule has 2 aliphatic rings. The van der Waals surface area contributed by atoms with Gasteiger partial charge in [-0.05, 0) is 199 Å². The van der Waals surface area contributed by atoms with Crippen molar-refractivity contribution in [3.8, 4) is 33.4 Å². The van der Waals surface area contributed by atoms with Gasteiger partial charge in [-0.15, -0.1) is 0 Å². The fraction of sp³-hybridized carbons (Fsp3) is 0.0667. The van der Waals surface area contributed by atoms with Gasteiger partial charge in [0.25, 0.3) is 0 Å². The van der Waals surface area contributed by atoms with E-state index in [1.807, 2.05) is 12.1 Å². The SMILES string of the molecule is CC1(C)c2ccccc2-c2c1c1ccc3cc(N(c4ccccc4)c4ccc(-c5ccccc5)cc4)ccc3c1c1ccccc21.CC1(C)c2ccccc2-c2c1ccc1c2ccc2ccc3cc(N(c4ccccc4)c4cccc5oc6ccccc6c45)ccc3c21. The van der Waals surface area contributed by atoms with Crippen molar-refractivity contribution in [3.63, 3.8) is 0 Å². The van der Waals surface area contributed by atoms with Gasteiger partial charge in [0.15, 0.2) is 0 Å². The van der Waals surface area contributed by atoms with E-state index in [0.717, 1.165) is 56.1 Å². The normalized spacial score (nSPS) is 13.3. The molecule has 17 aromatic rings. The molecule has 0 atom stereocenters. The molecule has 440 valence electrons. The third kappa shape index (κ3) is 8.43. The first-order valence-corrected chi connectivity index (χ1v) is 32.5. The van der Waals surface area contributed by atoms with Gasteiger partial charge in [0.1, 0.15) is 11.2 Å². The predicted octanol–water partition coefficient (Wildman–Crippen LogP) is 25.4. The van der Waals surface area contributed by atoms with E-state index in [2.05, 4.69) is 341 Å². The first-order chi connectivity index (χ1) is 45.7. The molecule has 19 rings (SSSR count). The third-order valence-electron chi connectivity index (χ3n) is 20.4. The summed E-state index contributed by atoms with van der Waals surface area (Å²) in [4.78, 5) is 4.72. The molecule has 0 fully saturated rings. The Morgan fingerprint density at radius 2 is 0.720 bits per heavy atom. The topological polar surface area (TPSA) is 19.6 Å². The van der Waals surface area contributed by atoms with E-state index in [9.17, 15) is 0 Å². The number of nitrogens with zero attached hydrogens (tertiary/aromatic N) is 2. The van der Waals surface area contributed by atoms with Crippen LogP contribution in [0.1, 0.15) is 49.9 Å². The average molecular weight is 1190 g/mol. The molecule has 3 heteroatoms. The summed E-state index contributed by atoms with van der Waals surface area (Å²) in [6, 6.07) is 115. The van der Waals surface area contributed by atoms with Gasteiger partial charge in [0.05, 0.1) is 11.1 Å². The van der Waals surface area contributed by atoms with E-state index in [4.69, 9.17) is 4.42 Å². The van der Waals surface area contributed by atoms with Crippen molar-refractivity contribution in [2.75, 3.05) is 9.80 Å². The highest BCUT2D eigenvalue weighted by Gasteiger charge is 2.39. The molecular formula is C90H64N2O. The van der Waals surface area contributed by atoms with E-state index in [0.29, 0.717) is 0 Å². The first kappa shape index (κ1) is 54.4. The van der Waals surface area contributed by atoms with Crippen molar-refractivity contribution in [1.82, 2.24) is 0 Å². The van der Waals surface area contributed by atoms with Crippen molar-refractivity contribution < 1.29 is 4.42 Å². The Kier molecular flexibility index (Phi) is 12.3. The minimum absolute atomic E-state index is 0.0210. The van der Waals surface area contributed by atoms with E-state index < -0.39 is 0 Å². The minimum atomic E-state index is -0.0855. The van der Waals surface area contributed by atoms with Gasteiger partial charge in [0.2, 0.25) is 0 Å². The molecule has 0 unspecified atom stereocenters. The number of hydrogen-bond acceptors (Lipinski definition) is 3. The molecule has 0 spiro atoms. The van der Waals surface area contributed by atoms with Crippen LogP contribution in [0.15, 0.2) is 320 Å². The summed E-state index contributed by atoms with van der Waals surface area (Å²) in [7, 11) is 0. The van der Waals surface area contributed by atoms with Crippen LogP contribution in [0.25, 0.3) is 120 Å². The summed E-state index contributed by atoms with van der Waals surface area (Å²) in [6.45, 7) is 9.49. The Labute approximate surface area is 541 Å². The van der Waals surface area contributed by atoms with E-state index >= 15 is 0 Å². The maximum absolute atomic E-state index is 6.31. The zero-order valence-corrected chi connectivity index (χ0v) is 52.3. The van der Waals surface area contributed by atoms with E-state index in [-0.39, 0.29) is 10.8 Å². The van der Waals surface area contributed by atoms with Gasteiger partial charge in [-0.25, -0.2) is 0 Å². The summed E-state index contributed by atoms with van der Waals surface area (Å²) in [5.41, 5.74) is 22.0. The molecule has 0 aliphatic heterocycles. The van der Waals surface area contributed by atoms with Gasteiger partial charge in [-0.1, -0.05) is 264 Å².